The van der Waals surface area contributed by atoms with Gasteiger partial charge in [0, 0.05) is 12.1 Å². The zero-order valence-electron chi connectivity index (χ0n) is 10.3. The van der Waals surface area contributed by atoms with E-state index in [1.807, 2.05) is 0 Å². The average molecular weight is 264 g/mol. The molecule has 0 aliphatic rings. The Morgan fingerprint density at radius 2 is 1.89 bits per heavy atom. The summed E-state index contributed by atoms with van der Waals surface area (Å²) in [5.41, 5.74) is 16.6. The summed E-state index contributed by atoms with van der Waals surface area (Å²) in [4.78, 5) is 33.1. The Hall–Kier alpha value is -2.41. The van der Waals surface area contributed by atoms with Gasteiger partial charge < -0.3 is 22.5 Å². The lowest BCUT2D eigenvalue weighted by Gasteiger charge is -2.10. The van der Waals surface area contributed by atoms with Crippen LogP contribution in [0.3, 0.4) is 0 Å². The van der Waals surface area contributed by atoms with Crippen molar-refractivity contribution in [2.75, 3.05) is 0 Å². The predicted molar refractivity (Wildman–Crippen MR) is 68.6 cm³/mol. The van der Waals surface area contributed by atoms with Gasteiger partial charge in [0.25, 0.3) is 0 Å². The molecule has 0 heterocycles. The highest BCUT2D eigenvalue weighted by molar-refractivity contribution is 5.93. The van der Waals surface area contributed by atoms with E-state index >= 15 is 0 Å². The van der Waals surface area contributed by atoms with Crippen LogP contribution < -0.4 is 22.5 Å². The minimum Gasteiger partial charge on any atom is -0.370 e. The van der Waals surface area contributed by atoms with E-state index in [1.54, 1.807) is 24.3 Å². The lowest BCUT2D eigenvalue weighted by Crippen LogP contribution is -2.42. The van der Waals surface area contributed by atoms with Crippen LogP contribution in [0.5, 0.6) is 0 Å². The van der Waals surface area contributed by atoms with Crippen LogP contribution in [0, 0.1) is 0 Å². The first-order valence-corrected chi connectivity index (χ1v) is 5.60. The van der Waals surface area contributed by atoms with Crippen LogP contribution >= 0.6 is 0 Å². The second-order valence-corrected chi connectivity index (χ2v) is 4.06. The van der Waals surface area contributed by atoms with Crippen molar-refractivity contribution < 1.29 is 14.4 Å². The van der Waals surface area contributed by atoms with Gasteiger partial charge in [-0.3, -0.25) is 14.4 Å². The number of amides is 3. The molecule has 0 saturated heterocycles. The fourth-order valence-electron chi connectivity index (χ4n) is 1.46. The molecule has 102 valence electrons. The number of rotatable bonds is 6. The van der Waals surface area contributed by atoms with Crippen LogP contribution in [0.25, 0.3) is 0 Å². The maximum Gasteiger partial charge on any atom is 0.248 e. The molecule has 0 saturated carbocycles. The number of benzene rings is 1. The molecule has 1 aromatic carbocycles. The van der Waals surface area contributed by atoms with Crippen molar-refractivity contribution in [3.63, 3.8) is 0 Å². The molecular formula is C12H16N4O3. The van der Waals surface area contributed by atoms with Gasteiger partial charge in [0.15, 0.2) is 0 Å². The molecule has 1 aromatic rings. The number of carbonyl (C=O) groups excluding carboxylic acids is 3. The molecule has 0 aromatic heterocycles. The van der Waals surface area contributed by atoms with Gasteiger partial charge in [-0.05, 0) is 17.7 Å². The Labute approximate surface area is 110 Å². The number of nitrogens with one attached hydrogen (secondary N) is 1. The van der Waals surface area contributed by atoms with E-state index < -0.39 is 23.8 Å². The Balaban J connectivity index is 2.57. The largest absolute Gasteiger partial charge is 0.370 e. The number of nitrogens with two attached hydrogens (primary N) is 3. The molecule has 0 spiro atoms. The number of carbonyl (C=O) groups is 3. The van der Waals surface area contributed by atoms with E-state index in [0.717, 1.165) is 0 Å². The van der Waals surface area contributed by atoms with Crippen molar-refractivity contribution in [2.45, 2.75) is 19.0 Å². The van der Waals surface area contributed by atoms with Crippen LogP contribution in [0.1, 0.15) is 22.3 Å². The van der Waals surface area contributed by atoms with Crippen LogP contribution in [0.2, 0.25) is 0 Å². The molecule has 7 heteroatoms. The lowest BCUT2D eigenvalue weighted by atomic mass is 10.1. The summed E-state index contributed by atoms with van der Waals surface area (Å²) in [5, 5.41) is 2.55. The van der Waals surface area contributed by atoms with Crippen LogP contribution in [0.15, 0.2) is 24.3 Å². The molecule has 1 rings (SSSR count). The topological polar surface area (TPSA) is 141 Å². The smallest absolute Gasteiger partial charge is 0.248 e. The zero-order valence-corrected chi connectivity index (χ0v) is 10.3. The SMILES string of the molecule is NC(=O)CC(N)C(=O)NCc1cccc(C(N)=O)c1. The summed E-state index contributed by atoms with van der Waals surface area (Å²) >= 11 is 0. The summed E-state index contributed by atoms with van der Waals surface area (Å²) in [7, 11) is 0. The standard InChI is InChI=1S/C12H16N4O3/c13-9(5-10(14)17)12(19)16-6-7-2-1-3-8(4-7)11(15)18/h1-4,9H,5-6,13H2,(H2,14,17)(H2,15,18)(H,16,19). The Kier molecular flexibility index (Phi) is 5.01. The van der Waals surface area contributed by atoms with Gasteiger partial charge in [-0.15, -0.1) is 0 Å². The fourth-order valence-corrected chi connectivity index (χ4v) is 1.46. The quantitative estimate of drug-likeness (QED) is 0.501. The van der Waals surface area contributed by atoms with Crippen molar-refractivity contribution in [3.8, 4) is 0 Å². The zero-order chi connectivity index (χ0) is 14.4. The van der Waals surface area contributed by atoms with E-state index in [-0.39, 0.29) is 13.0 Å². The molecule has 19 heavy (non-hydrogen) atoms. The highest BCUT2D eigenvalue weighted by Gasteiger charge is 2.15. The molecule has 3 amide bonds. The van der Waals surface area contributed by atoms with Crippen molar-refractivity contribution >= 4 is 17.7 Å². The summed E-state index contributed by atoms with van der Waals surface area (Å²) in [6.07, 6.45) is -0.215. The average Bonchev–Trinajstić information content (AvgIpc) is 2.35. The first kappa shape index (κ1) is 14.7. The van der Waals surface area contributed by atoms with E-state index in [4.69, 9.17) is 17.2 Å². The number of primary amides is 2. The van der Waals surface area contributed by atoms with Gasteiger partial charge in [0.2, 0.25) is 17.7 Å². The monoisotopic (exact) mass is 264 g/mol. The van der Waals surface area contributed by atoms with E-state index in [2.05, 4.69) is 5.32 Å². The van der Waals surface area contributed by atoms with Crippen molar-refractivity contribution in [2.24, 2.45) is 17.2 Å². The predicted octanol–water partition coefficient (Wildman–Crippen LogP) is -1.40. The molecule has 0 fully saturated rings. The highest BCUT2D eigenvalue weighted by Crippen LogP contribution is 2.04. The van der Waals surface area contributed by atoms with Crippen molar-refractivity contribution in [3.05, 3.63) is 35.4 Å². The highest BCUT2D eigenvalue weighted by atomic mass is 16.2. The molecule has 0 aliphatic heterocycles. The number of hydrogen-bond acceptors (Lipinski definition) is 4. The third-order valence-corrected chi connectivity index (χ3v) is 2.44. The van der Waals surface area contributed by atoms with Gasteiger partial charge in [-0.1, -0.05) is 12.1 Å². The van der Waals surface area contributed by atoms with Crippen molar-refractivity contribution in [1.82, 2.24) is 5.32 Å². The summed E-state index contributed by atoms with van der Waals surface area (Å²) in [5.74, 6) is -1.67. The van der Waals surface area contributed by atoms with Gasteiger partial charge in [0.1, 0.15) is 0 Å². The molecule has 0 radical (unpaired) electrons. The maximum absolute atomic E-state index is 11.5. The lowest BCUT2D eigenvalue weighted by molar-refractivity contribution is -0.126. The first-order chi connectivity index (χ1) is 8.90. The van der Waals surface area contributed by atoms with E-state index in [0.29, 0.717) is 11.1 Å². The van der Waals surface area contributed by atoms with Gasteiger partial charge >= 0.3 is 0 Å². The molecule has 1 atom stereocenters. The van der Waals surface area contributed by atoms with Gasteiger partial charge in [-0.25, -0.2) is 0 Å². The summed E-state index contributed by atoms with van der Waals surface area (Å²) in [6, 6.07) is 5.56. The van der Waals surface area contributed by atoms with E-state index in [9.17, 15) is 14.4 Å². The molecule has 1 unspecified atom stereocenters. The Morgan fingerprint density at radius 1 is 1.21 bits per heavy atom. The van der Waals surface area contributed by atoms with E-state index in [1.165, 1.54) is 0 Å². The minimum absolute atomic E-state index is 0.187. The normalized spacial score (nSPS) is 11.6. The van der Waals surface area contributed by atoms with Gasteiger partial charge in [-0.2, -0.15) is 0 Å². The minimum atomic E-state index is -0.975. The third-order valence-electron chi connectivity index (χ3n) is 2.44. The molecule has 0 aliphatic carbocycles. The fraction of sp³-hybridized carbons (Fsp3) is 0.250. The summed E-state index contributed by atoms with van der Waals surface area (Å²) in [6.45, 7) is 0.187. The molecule has 0 bridgehead atoms. The third kappa shape index (κ3) is 4.76. The second-order valence-electron chi connectivity index (χ2n) is 4.06. The maximum atomic E-state index is 11.5. The first-order valence-electron chi connectivity index (χ1n) is 5.60. The molecule has 7 nitrogen and oxygen atoms in total. The van der Waals surface area contributed by atoms with Crippen molar-refractivity contribution in [1.29, 1.82) is 0 Å². The van der Waals surface area contributed by atoms with Crippen LogP contribution in [-0.2, 0) is 16.1 Å². The van der Waals surface area contributed by atoms with Crippen LogP contribution in [-0.4, -0.2) is 23.8 Å². The molecular weight excluding hydrogens is 248 g/mol. The van der Waals surface area contributed by atoms with Gasteiger partial charge in [0.05, 0.1) is 12.5 Å². The summed E-state index contributed by atoms with van der Waals surface area (Å²) < 4.78 is 0. The van der Waals surface area contributed by atoms with Crippen LogP contribution in [0.4, 0.5) is 0 Å². The Morgan fingerprint density at radius 3 is 2.47 bits per heavy atom. The Bertz CT molecular complexity index is 502. The molecule has 7 N–H and O–H groups in total. The number of hydrogen-bond donors (Lipinski definition) is 4. The second kappa shape index (κ2) is 6.50.